The average Bonchev–Trinajstić information content (AvgIpc) is 3.34. The number of nitrogens with one attached hydrogen (secondary N) is 2. The van der Waals surface area contributed by atoms with Gasteiger partial charge in [-0.1, -0.05) is 19.4 Å². The molecule has 3 N–H and O–H groups in total. The Hall–Kier alpha value is -1.93. The Morgan fingerprint density at radius 2 is 2.04 bits per heavy atom. The van der Waals surface area contributed by atoms with Gasteiger partial charge in [-0.3, -0.25) is 9.59 Å². The van der Waals surface area contributed by atoms with Gasteiger partial charge in [-0.25, -0.2) is 13.1 Å². The zero-order valence-electron chi connectivity index (χ0n) is 13.5. The van der Waals surface area contributed by atoms with E-state index in [1.165, 1.54) is 24.3 Å². The van der Waals surface area contributed by atoms with Gasteiger partial charge in [-0.05, 0) is 37.5 Å². The van der Waals surface area contributed by atoms with Crippen LogP contribution >= 0.6 is 0 Å². The van der Waals surface area contributed by atoms with Gasteiger partial charge in [0.05, 0.1) is 10.8 Å². The molecule has 1 unspecified atom stereocenters. The smallest absolute Gasteiger partial charge is 0.308 e. The van der Waals surface area contributed by atoms with Gasteiger partial charge in [0.25, 0.3) is 5.91 Å². The monoisotopic (exact) mass is 354 g/mol. The van der Waals surface area contributed by atoms with Crippen LogP contribution in [0.2, 0.25) is 0 Å². The molecule has 0 saturated heterocycles. The third-order valence-corrected chi connectivity index (χ3v) is 5.32. The Bertz CT molecular complexity index is 713. The molecular formula is C16H22N2O5S. The number of carbonyl (C=O) groups excluding carboxylic acids is 1. The van der Waals surface area contributed by atoms with Gasteiger partial charge >= 0.3 is 5.97 Å². The Labute approximate surface area is 141 Å². The van der Waals surface area contributed by atoms with Crippen LogP contribution < -0.4 is 10.0 Å². The summed E-state index contributed by atoms with van der Waals surface area (Å²) in [6, 6.07) is 5.71. The fourth-order valence-corrected chi connectivity index (χ4v) is 3.62. The largest absolute Gasteiger partial charge is 0.481 e. The van der Waals surface area contributed by atoms with E-state index in [4.69, 9.17) is 5.11 Å². The summed E-state index contributed by atoms with van der Waals surface area (Å²) in [5, 5.41) is 11.7. The van der Waals surface area contributed by atoms with E-state index >= 15 is 0 Å². The quantitative estimate of drug-likeness (QED) is 0.620. The van der Waals surface area contributed by atoms with E-state index in [1.807, 2.05) is 6.92 Å². The van der Waals surface area contributed by atoms with E-state index < -0.39 is 27.8 Å². The summed E-state index contributed by atoms with van der Waals surface area (Å²) >= 11 is 0. The lowest BCUT2D eigenvalue weighted by atomic mass is 10.0. The Morgan fingerprint density at radius 1 is 1.33 bits per heavy atom. The number of aliphatic carboxylic acids is 1. The summed E-state index contributed by atoms with van der Waals surface area (Å²) in [5.74, 6) is -2.09. The molecule has 1 saturated carbocycles. The average molecular weight is 354 g/mol. The maximum atomic E-state index is 12.2. The molecule has 0 aromatic heterocycles. The number of hydrogen-bond acceptors (Lipinski definition) is 4. The van der Waals surface area contributed by atoms with Gasteiger partial charge in [-0.2, -0.15) is 0 Å². The maximum absolute atomic E-state index is 12.2. The first kappa shape index (κ1) is 18.4. The molecule has 1 amide bonds. The fraction of sp³-hybridized carbons (Fsp3) is 0.500. The number of benzene rings is 1. The van der Waals surface area contributed by atoms with Crippen molar-refractivity contribution in [1.82, 2.24) is 10.0 Å². The summed E-state index contributed by atoms with van der Waals surface area (Å²) in [6.07, 6.45) is 2.82. The minimum Gasteiger partial charge on any atom is -0.481 e. The molecule has 0 radical (unpaired) electrons. The van der Waals surface area contributed by atoms with Crippen LogP contribution in [0.25, 0.3) is 0 Å². The number of rotatable bonds is 9. The lowest BCUT2D eigenvalue weighted by Crippen LogP contribution is -2.33. The summed E-state index contributed by atoms with van der Waals surface area (Å²) in [7, 11) is -3.63. The molecule has 0 heterocycles. The summed E-state index contributed by atoms with van der Waals surface area (Å²) in [6.45, 7) is 1.89. The molecule has 0 spiro atoms. The Morgan fingerprint density at radius 3 is 2.62 bits per heavy atom. The minimum atomic E-state index is -3.63. The predicted molar refractivity (Wildman–Crippen MR) is 88.2 cm³/mol. The normalized spacial score (nSPS) is 15.7. The highest BCUT2D eigenvalue weighted by atomic mass is 32.2. The molecule has 1 aliphatic rings. The van der Waals surface area contributed by atoms with Crippen molar-refractivity contribution in [3.63, 3.8) is 0 Å². The van der Waals surface area contributed by atoms with Gasteiger partial charge in [0.15, 0.2) is 0 Å². The molecule has 1 atom stereocenters. The molecule has 7 nitrogen and oxygen atoms in total. The van der Waals surface area contributed by atoms with Crippen molar-refractivity contribution in [2.75, 3.05) is 6.54 Å². The van der Waals surface area contributed by atoms with Crippen LogP contribution in [0.1, 0.15) is 43.0 Å². The molecule has 1 aromatic carbocycles. The van der Waals surface area contributed by atoms with Gasteiger partial charge in [0.1, 0.15) is 0 Å². The minimum absolute atomic E-state index is 0.0132. The van der Waals surface area contributed by atoms with Gasteiger partial charge in [0, 0.05) is 18.2 Å². The molecule has 132 valence electrons. The Balaban J connectivity index is 2.04. The third kappa shape index (κ3) is 5.04. The molecule has 1 aliphatic carbocycles. The molecular weight excluding hydrogens is 332 g/mol. The molecule has 1 aromatic rings. The number of carbonyl (C=O) groups is 2. The van der Waals surface area contributed by atoms with Crippen molar-refractivity contribution in [3.8, 4) is 0 Å². The number of carboxylic acid groups (broad SMARTS) is 1. The van der Waals surface area contributed by atoms with Crippen LogP contribution in [-0.4, -0.2) is 38.0 Å². The van der Waals surface area contributed by atoms with Crippen LogP contribution in [0.5, 0.6) is 0 Å². The van der Waals surface area contributed by atoms with Crippen molar-refractivity contribution < 1.29 is 23.1 Å². The topological polar surface area (TPSA) is 113 Å². The zero-order chi connectivity index (χ0) is 17.7. The fourth-order valence-electron chi connectivity index (χ4n) is 2.27. The van der Waals surface area contributed by atoms with Gasteiger partial charge in [-0.15, -0.1) is 0 Å². The van der Waals surface area contributed by atoms with E-state index in [1.54, 1.807) is 0 Å². The van der Waals surface area contributed by atoms with Crippen LogP contribution in [0.4, 0.5) is 0 Å². The third-order valence-electron chi connectivity index (χ3n) is 3.80. The first-order valence-corrected chi connectivity index (χ1v) is 9.45. The molecule has 1 fully saturated rings. The first-order valence-electron chi connectivity index (χ1n) is 7.97. The van der Waals surface area contributed by atoms with E-state index in [9.17, 15) is 18.0 Å². The van der Waals surface area contributed by atoms with Gasteiger partial charge < -0.3 is 10.4 Å². The van der Waals surface area contributed by atoms with Crippen LogP contribution in [0, 0.1) is 5.92 Å². The summed E-state index contributed by atoms with van der Waals surface area (Å²) in [5.41, 5.74) is 0.189. The second-order valence-electron chi connectivity index (χ2n) is 5.96. The maximum Gasteiger partial charge on any atom is 0.308 e. The molecule has 8 heteroatoms. The van der Waals surface area contributed by atoms with E-state index in [0.717, 1.165) is 12.8 Å². The number of hydrogen-bond donors (Lipinski definition) is 3. The SMILES string of the molecule is CCCC(CNC(=O)c1cccc(S(=O)(=O)NC2CC2)c1)C(=O)O. The van der Waals surface area contributed by atoms with E-state index in [0.29, 0.717) is 12.8 Å². The van der Waals surface area contributed by atoms with Crippen molar-refractivity contribution in [1.29, 1.82) is 0 Å². The van der Waals surface area contributed by atoms with Crippen LogP contribution in [-0.2, 0) is 14.8 Å². The predicted octanol–water partition coefficient (Wildman–Crippen LogP) is 1.36. The molecule has 24 heavy (non-hydrogen) atoms. The standard InChI is InChI=1S/C16H22N2O5S/c1-2-4-12(16(20)21)10-17-15(19)11-5-3-6-14(9-11)24(22,23)18-13-7-8-13/h3,5-6,9,12-13,18H,2,4,7-8,10H2,1H3,(H,17,19)(H,20,21). The highest BCUT2D eigenvalue weighted by molar-refractivity contribution is 7.89. The lowest BCUT2D eigenvalue weighted by Gasteiger charge is -2.13. The van der Waals surface area contributed by atoms with E-state index in [2.05, 4.69) is 10.0 Å². The number of sulfonamides is 1. The summed E-state index contributed by atoms with van der Waals surface area (Å²) in [4.78, 5) is 23.3. The van der Waals surface area contributed by atoms with Crippen LogP contribution in [0.3, 0.4) is 0 Å². The van der Waals surface area contributed by atoms with Crippen LogP contribution in [0.15, 0.2) is 29.2 Å². The highest BCUT2D eigenvalue weighted by Gasteiger charge is 2.28. The Kier molecular flexibility index (Phi) is 5.95. The van der Waals surface area contributed by atoms with Gasteiger partial charge in [0.2, 0.25) is 10.0 Å². The van der Waals surface area contributed by atoms with Crippen molar-refractivity contribution in [2.24, 2.45) is 5.92 Å². The second kappa shape index (κ2) is 7.76. The molecule has 0 bridgehead atoms. The number of carboxylic acids is 1. The second-order valence-corrected chi connectivity index (χ2v) is 7.67. The lowest BCUT2D eigenvalue weighted by molar-refractivity contribution is -0.141. The zero-order valence-corrected chi connectivity index (χ0v) is 14.3. The first-order chi connectivity index (χ1) is 11.3. The number of amides is 1. The van der Waals surface area contributed by atoms with Crippen molar-refractivity contribution in [2.45, 2.75) is 43.5 Å². The molecule has 0 aliphatic heterocycles. The summed E-state index contributed by atoms with van der Waals surface area (Å²) < 4.78 is 26.9. The van der Waals surface area contributed by atoms with Crippen molar-refractivity contribution in [3.05, 3.63) is 29.8 Å². The highest BCUT2D eigenvalue weighted by Crippen LogP contribution is 2.22. The van der Waals surface area contributed by atoms with Crippen molar-refractivity contribution >= 4 is 21.9 Å². The molecule has 2 rings (SSSR count). The van der Waals surface area contributed by atoms with E-state index in [-0.39, 0.29) is 23.0 Å².